The van der Waals surface area contributed by atoms with Crippen LogP contribution < -0.4 is 0 Å². The third-order valence-electron chi connectivity index (χ3n) is 2.14. The Labute approximate surface area is 124 Å². The van der Waals surface area contributed by atoms with Crippen LogP contribution in [-0.2, 0) is 4.79 Å². The SMILES string of the molecule is C1=CSSS1.CCC(CO)(CO)CO.O=C(O)CO. The maximum Gasteiger partial charge on any atom is 0.329 e. The number of carboxylic acid groups (broad SMARTS) is 1. The lowest BCUT2D eigenvalue weighted by atomic mass is 9.88. The van der Waals surface area contributed by atoms with Gasteiger partial charge in [-0.15, -0.1) is 0 Å². The van der Waals surface area contributed by atoms with Gasteiger partial charge in [-0.3, -0.25) is 0 Å². The second kappa shape index (κ2) is 14.5. The van der Waals surface area contributed by atoms with Crippen molar-refractivity contribution in [3.05, 3.63) is 10.8 Å². The van der Waals surface area contributed by atoms with E-state index in [1.165, 1.54) is 0 Å². The fraction of sp³-hybridized carbons (Fsp3) is 0.700. The van der Waals surface area contributed by atoms with Crippen molar-refractivity contribution in [2.75, 3.05) is 26.4 Å². The quantitative estimate of drug-likeness (QED) is 0.468. The molecule has 1 heterocycles. The molecular weight excluding hydrogens is 312 g/mol. The molecule has 0 aromatic carbocycles. The van der Waals surface area contributed by atoms with Crippen LogP contribution in [0.2, 0.25) is 0 Å². The molecule has 0 unspecified atom stereocenters. The monoisotopic (exact) mass is 332 g/mol. The fourth-order valence-corrected chi connectivity index (χ4v) is 3.55. The van der Waals surface area contributed by atoms with Crippen LogP contribution in [0.4, 0.5) is 0 Å². The molecule has 0 aromatic rings. The molecule has 0 atom stereocenters. The summed E-state index contributed by atoms with van der Waals surface area (Å²) >= 11 is 0. The summed E-state index contributed by atoms with van der Waals surface area (Å²) in [6.07, 6.45) is 0.594. The van der Waals surface area contributed by atoms with Gasteiger partial charge in [-0.25, -0.2) is 4.79 Å². The summed E-state index contributed by atoms with van der Waals surface area (Å²) in [5.74, 6) is -1.19. The Balaban J connectivity index is 0. The van der Waals surface area contributed by atoms with Crippen molar-refractivity contribution in [2.45, 2.75) is 13.3 Å². The summed E-state index contributed by atoms with van der Waals surface area (Å²) in [6.45, 7) is 0.576. The number of hydrogen-bond acceptors (Lipinski definition) is 8. The third kappa shape index (κ3) is 12.9. The molecule has 0 aliphatic carbocycles. The number of aliphatic hydroxyl groups is 4. The van der Waals surface area contributed by atoms with E-state index in [1.54, 1.807) is 31.4 Å². The highest BCUT2D eigenvalue weighted by atomic mass is 33.5. The molecule has 0 bridgehead atoms. The summed E-state index contributed by atoms with van der Waals surface area (Å²) in [7, 11) is 5.34. The topological polar surface area (TPSA) is 118 Å². The van der Waals surface area contributed by atoms with Crippen LogP contribution >= 0.6 is 31.4 Å². The normalized spacial score (nSPS) is 13.1. The first-order valence-electron chi connectivity index (χ1n) is 5.31. The predicted octanol–water partition coefficient (Wildman–Crippen LogP) is 0.924. The smallest absolute Gasteiger partial charge is 0.329 e. The lowest BCUT2D eigenvalue weighted by molar-refractivity contribution is -0.140. The molecule has 1 rings (SSSR count). The minimum absolute atomic E-state index is 0.156. The molecule has 5 N–H and O–H groups in total. The van der Waals surface area contributed by atoms with Crippen LogP contribution in [0.25, 0.3) is 0 Å². The molecule has 0 saturated heterocycles. The average Bonchev–Trinajstić information content (AvgIpc) is 3.02. The van der Waals surface area contributed by atoms with Crippen LogP contribution in [0.15, 0.2) is 10.8 Å². The molecule has 0 radical (unpaired) electrons. The van der Waals surface area contributed by atoms with E-state index >= 15 is 0 Å². The zero-order valence-corrected chi connectivity index (χ0v) is 13.0. The number of carbonyl (C=O) groups is 1. The molecule has 0 amide bonds. The van der Waals surface area contributed by atoms with Crippen molar-refractivity contribution in [2.24, 2.45) is 5.41 Å². The van der Waals surface area contributed by atoms with E-state index in [1.807, 2.05) is 6.92 Å². The van der Waals surface area contributed by atoms with Gasteiger partial charge in [-0.1, -0.05) is 28.5 Å². The van der Waals surface area contributed by atoms with Gasteiger partial charge in [0.2, 0.25) is 0 Å². The number of hydrogen-bond donors (Lipinski definition) is 5. The van der Waals surface area contributed by atoms with Crippen LogP contribution in [0, 0.1) is 5.41 Å². The van der Waals surface area contributed by atoms with Gasteiger partial charge in [0.05, 0.1) is 19.8 Å². The Morgan fingerprint density at radius 2 is 1.42 bits per heavy atom. The molecule has 1 aliphatic heterocycles. The Bertz CT molecular complexity index is 222. The van der Waals surface area contributed by atoms with Gasteiger partial charge in [0.25, 0.3) is 0 Å². The van der Waals surface area contributed by atoms with Crippen molar-refractivity contribution in [3.63, 3.8) is 0 Å². The van der Waals surface area contributed by atoms with E-state index in [4.69, 9.17) is 30.3 Å². The second-order valence-electron chi connectivity index (χ2n) is 3.41. The Morgan fingerprint density at radius 1 is 1.05 bits per heavy atom. The van der Waals surface area contributed by atoms with Gasteiger partial charge >= 0.3 is 5.97 Å². The molecule has 0 aromatic heterocycles. The zero-order chi connectivity index (χ0) is 15.1. The molecule has 19 heavy (non-hydrogen) atoms. The van der Waals surface area contributed by atoms with Crippen molar-refractivity contribution in [3.8, 4) is 0 Å². The Hall–Kier alpha value is 0.1000. The van der Waals surface area contributed by atoms with E-state index in [9.17, 15) is 0 Å². The van der Waals surface area contributed by atoms with Gasteiger partial charge in [-0.05, 0) is 27.1 Å². The lowest BCUT2D eigenvalue weighted by Crippen LogP contribution is -2.32. The van der Waals surface area contributed by atoms with E-state index in [-0.39, 0.29) is 19.8 Å². The van der Waals surface area contributed by atoms with Crippen LogP contribution in [0.3, 0.4) is 0 Å². The lowest BCUT2D eigenvalue weighted by Gasteiger charge is -2.24. The van der Waals surface area contributed by atoms with Gasteiger partial charge in [0.15, 0.2) is 0 Å². The molecule has 0 saturated carbocycles. The first-order valence-corrected chi connectivity index (χ1v) is 8.92. The molecule has 9 heteroatoms. The molecule has 6 nitrogen and oxygen atoms in total. The molecule has 0 fully saturated rings. The van der Waals surface area contributed by atoms with E-state index < -0.39 is 18.0 Å². The number of rotatable bonds is 5. The summed E-state index contributed by atoms with van der Waals surface area (Å²) in [6, 6.07) is 0. The summed E-state index contributed by atoms with van der Waals surface area (Å²) < 4.78 is 0. The number of carboxylic acids is 1. The van der Waals surface area contributed by atoms with Gasteiger partial charge in [0.1, 0.15) is 6.61 Å². The molecule has 114 valence electrons. The highest BCUT2D eigenvalue weighted by Crippen LogP contribution is 2.42. The average molecular weight is 332 g/mol. The Morgan fingerprint density at radius 3 is 1.47 bits per heavy atom. The maximum absolute atomic E-state index is 9.12. The molecule has 1 aliphatic rings. The predicted molar refractivity (Wildman–Crippen MR) is 80.6 cm³/mol. The Kier molecular flexibility index (Phi) is 16.3. The minimum atomic E-state index is -1.19. The molecule has 0 spiro atoms. The minimum Gasteiger partial charge on any atom is -0.480 e. The summed E-state index contributed by atoms with van der Waals surface area (Å²) in [5.41, 5.74) is -0.667. The first-order chi connectivity index (χ1) is 9.01. The summed E-state index contributed by atoms with van der Waals surface area (Å²) in [4.78, 5) is 9.12. The zero-order valence-electron chi connectivity index (χ0n) is 10.6. The first kappa shape index (κ1) is 21.4. The van der Waals surface area contributed by atoms with Crippen molar-refractivity contribution < 1.29 is 30.3 Å². The fourth-order valence-electron chi connectivity index (χ4n) is 0.599. The van der Waals surface area contributed by atoms with Crippen molar-refractivity contribution >= 4 is 37.4 Å². The second-order valence-corrected chi connectivity index (χ2v) is 7.27. The van der Waals surface area contributed by atoms with Crippen LogP contribution in [-0.4, -0.2) is 57.9 Å². The standard InChI is InChI=1S/C6H14O3.C2H4O3.C2H2S3/c1-2-6(3-7,4-8)5-9;3-1-2(4)5;1-2-4-5-3-1/h7-9H,2-5H2,1H3;3H,1H2,(H,4,5);1-2H. The van der Waals surface area contributed by atoms with E-state index in [2.05, 4.69) is 10.8 Å². The van der Waals surface area contributed by atoms with Gasteiger partial charge in [0, 0.05) is 5.41 Å². The number of aliphatic hydroxyl groups excluding tert-OH is 4. The van der Waals surface area contributed by atoms with Crippen molar-refractivity contribution in [1.29, 1.82) is 0 Å². The largest absolute Gasteiger partial charge is 0.480 e. The highest BCUT2D eigenvalue weighted by molar-refractivity contribution is 9.11. The maximum atomic E-state index is 9.12. The number of aliphatic carboxylic acids is 1. The van der Waals surface area contributed by atoms with Crippen LogP contribution in [0.5, 0.6) is 0 Å². The van der Waals surface area contributed by atoms with Crippen LogP contribution in [0.1, 0.15) is 13.3 Å². The summed E-state index contributed by atoms with van der Waals surface area (Å²) in [5, 5.41) is 45.1. The van der Waals surface area contributed by atoms with Crippen molar-refractivity contribution in [1.82, 2.24) is 0 Å². The highest BCUT2D eigenvalue weighted by Gasteiger charge is 2.24. The third-order valence-corrected chi connectivity index (χ3v) is 5.51. The van der Waals surface area contributed by atoms with Gasteiger partial charge < -0.3 is 25.5 Å². The van der Waals surface area contributed by atoms with Gasteiger partial charge in [-0.2, -0.15) is 0 Å². The van der Waals surface area contributed by atoms with E-state index in [0.717, 1.165) is 0 Å². The van der Waals surface area contributed by atoms with E-state index in [0.29, 0.717) is 6.42 Å². The molecular formula is C10H20O6S3.